The highest BCUT2D eigenvalue weighted by Gasteiger charge is 2.25. The molecule has 0 N–H and O–H groups in total. The zero-order valence-corrected chi connectivity index (χ0v) is 20.3. The molecule has 34 heavy (non-hydrogen) atoms. The summed E-state index contributed by atoms with van der Waals surface area (Å²) < 4.78 is 44.3. The second kappa shape index (κ2) is 11.3. The summed E-state index contributed by atoms with van der Waals surface area (Å²) in [6, 6.07) is 16.8. The average molecular weight is 465 g/mol. The fraction of sp³-hybridized carbons (Fsp3) is 0.419. The summed E-state index contributed by atoms with van der Waals surface area (Å²) in [5.41, 5.74) is 4.55. The monoisotopic (exact) mass is 464 g/mol. The van der Waals surface area contributed by atoms with Gasteiger partial charge in [-0.25, -0.2) is 13.2 Å². The van der Waals surface area contributed by atoms with Crippen molar-refractivity contribution in [3.63, 3.8) is 0 Å². The fourth-order valence-electron chi connectivity index (χ4n) is 5.39. The van der Waals surface area contributed by atoms with Crippen molar-refractivity contribution in [1.29, 1.82) is 0 Å². The van der Waals surface area contributed by atoms with Crippen LogP contribution in [0, 0.1) is 23.4 Å². The second-order valence-corrected chi connectivity index (χ2v) is 9.81. The van der Waals surface area contributed by atoms with Gasteiger partial charge in [0.05, 0.1) is 0 Å². The lowest BCUT2D eigenvalue weighted by atomic mass is 9.76. The molecule has 0 nitrogen and oxygen atoms in total. The van der Waals surface area contributed by atoms with E-state index < -0.39 is 11.6 Å². The van der Waals surface area contributed by atoms with Gasteiger partial charge in [-0.15, -0.1) is 0 Å². The summed E-state index contributed by atoms with van der Waals surface area (Å²) in [6.45, 7) is 4.16. The molecule has 180 valence electrons. The van der Waals surface area contributed by atoms with Crippen LogP contribution < -0.4 is 0 Å². The van der Waals surface area contributed by atoms with Crippen molar-refractivity contribution in [3.8, 4) is 11.1 Å². The molecule has 0 bridgehead atoms. The molecule has 1 fully saturated rings. The number of halogens is 3. The zero-order valence-electron chi connectivity index (χ0n) is 20.3. The van der Waals surface area contributed by atoms with Gasteiger partial charge in [0.2, 0.25) is 0 Å². The largest absolute Gasteiger partial charge is 0.207 e. The van der Waals surface area contributed by atoms with E-state index in [1.807, 2.05) is 43.3 Å². The number of hydrogen-bond donors (Lipinski definition) is 0. The Bertz CT molecular complexity index is 1090. The summed E-state index contributed by atoms with van der Waals surface area (Å²) in [4.78, 5) is 0. The third-order valence-electron chi connectivity index (χ3n) is 7.55. The molecular weight excluding hydrogens is 429 g/mol. The van der Waals surface area contributed by atoms with Crippen LogP contribution in [0.3, 0.4) is 0 Å². The van der Waals surface area contributed by atoms with Crippen LogP contribution in [-0.4, -0.2) is 0 Å². The van der Waals surface area contributed by atoms with Gasteiger partial charge in [-0.3, -0.25) is 0 Å². The van der Waals surface area contributed by atoms with E-state index in [9.17, 15) is 13.2 Å². The van der Waals surface area contributed by atoms with Crippen molar-refractivity contribution in [2.45, 2.75) is 77.6 Å². The first-order valence-electron chi connectivity index (χ1n) is 12.8. The van der Waals surface area contributed by atoms with Gasteiger partial charge in [0, 0.05) is 5.56 Å². The lowest BCUT2D eigenvalue weighted by Gasteiger charge is -2.29. The molecule has 3 heteroatoms. The molecule has 0 saturated heterocycles. The maximum atomic E-state index is 14.9. The molecule has 0 aliphatic heterocycles. The van der Waals surface area contributed by atoms with Gasteiger partial charge in [0.15, 0.2) is 11.6 Å². The van der Waals surface area contributed by atoms with Gasteiger partial charge in [0.1, 0.15) is 5.82 Å². The Hall–Kier alpha value is -2.55. The molecule has 0 aromatic heterocycles. The minimum absolute atomic E-state index is 0.0829. The van der Waals surface area contributed by atoms with Crippen molar-refractivity contribution >= 4 is 0 Å². The number of rotatable bonds is 8. The van der Waals surface area contributed by atoms with E-state index in [0.717, 1.165) is 62.5 Å². The molecule has 4 rings (SSSR count). The zero-order chi connectivity index (χ0) is 24.1. The Morgan fingerprint density at radius 1 is 0.735 bits per heavy atom. The van der Waals surface area contributed by atoms with Crippen LogP contribution in [-0.2, 0) is 19.3 Å². The highest BCUT2D eigenvalue weighted by Crippen LogP contribution is 2.39. The summed E-state index contributed by atoms with van der Waals surface area (Å²) in [5.74, 6) is -0.820. The van der Waals surface area contributed by atoms with Gasteiger partial charge >= 0.3 is 0 Å². The quantitative estimate of drug-likeness (QED) is 0.312. The lowest BCUT2D eigenvalue weighted by Crippen LogP contribution is -2.15. The Morgan fingerprint density at radius 3 is 2.09 bits per heavy atom. The molecule has 3 aromatic carbocycles. The second-order valence-electron chi connectivity index (χ2n) is 9.81. The smallest absolute Gasteiger partial charge is 0.166 e. The van der Waals surface area contributed by atoms with E-state index in [1.165, 1.54) is 5.56 Å². The summed E-state index contributed by atoms with van der Waals surface area (Å²) in [7, 11) is 0. The predicted octanol–water partition coefficient (Wildman–Crippen LogP) is 9.19. The Labute approximate surface area is 202 Å². The number of hydrogen-bond acceptors (Lipinski definition) is 0. The normalized spacial score (nSPS) is 18.3. The first-order chi connectivity index (χ1) is 16.5. The predicted molar refractivity (Wildman–Crippen MR) is 135 cm³/mol. The van der Waals surface area contributed by atoms with Gasteiger partial charge in [-0.05, 0) is 97.1 Å². The van der Waals surface area contributed by atoms with Crippen LogP contribution in [0.2, 0.25) is 0 Å². The van der Waals surface area contributed by atoms with Crippen LogP contribution in [0.25, 0.3) is 11.1 Å². The van der Waals surface area contributed by atoms with Crippen molar-refractivity contribution < 1.29 is 13.2 Å². The fourth-order valence-corrected chi connectivity index (χ4v) is 5.39. The van der Waals surface area contributed by atoms with Crippen molar-refractivity contribution in [1.82, 2.24) is 0 Å². The van der Waals surface area contributed by atoms with Crippen LogP contribution in [0.15, 0.2) is 54.6 Å². The molecule has 1 aliphatic rings. The maximum Gasteiger partial charge on any atom is 0.166 e. The standard InChI is InChI=1S/C31H35F3/c1-3-5-22-6-14-25(15-7-22)28-19-17-26(30(33)31(28)34)16-10-23-8-12-24(13-9-23)27-18-11-21(4-2)20-29(27)32/h6-7,11,14-15,17-20,23-24H,3-5,8-10,12-13,16H2,1-2H3. The Balaban J connectivity index is 1.35. The van der Waals surface area contributed by atoms with Crippen molar-refractivity contribution in [2.24, 2.45) is 5.92 Å². The molecule has 0 heterocycles. The van der Waals surface area contributed by atoms with Gasteiger partial charge < -0.3 is 0 Å². The van der Waals surface area contributed by atoms with E-state index in [0.29, 0.717) is 29.0 Å². The van der Waals surface area contributed by atoms with Crippen LogP contribution in [0.1, 0.15) is 80.5 Å². The maximum absolute atomic E-state index is 14.9. The van der Waals surface area contributed by atoms with E-state index >= 15 is 0 Å². The van der Waals surface area contributed by atoms with Crippen molar-refractivity contribution in [3.05, 3.63) is 94.3 Å². The van der Waals surface area contributed by atoms with Gasteiger partial charge in [-0.1, -0.05) is 68.8 Å². The number of benzene rings is 3. The molecule has 0 spiro atoms. The minimum Gasteiger partial charge on any atom is -0.207 e. The molecular formula is C31H35F3. The first-order valence-corrected chi connectivity index (χ1v) is 12.8. The SMILES string of the molecule is CCCc1ccc(-c2ccc(CCC3CCC(c4ccc(CC)cc4F)CC3)c(F)c2F)cc1. The van der Waals surface area contributed by atoms with Gasteiger partial charge in [-0.2, -0.15) is 0 Å². The summed E-state index contributed by atoms with van der Waals surface area (Å²) in [6.07, 6.45) is 8.18. The number of aryl methyl sites for hydroxylation is 3. The molecule has 1 aliphatic carbocycles. The highest BCUT2D eigenvalue weighted by atomic mass is 19.2. The molecule has 0 amide bonds. The lowest BCUT2D eigenvalue weighted by molar-refractivity contribution is 0.305. The Kier molecular flexibility index (Phi) is 8.13. The molecule has 0 atom stereocenters. The highest BCUT2D eigenvalue weighted by molar-refractivity contribution is 5.65. The van der Waals surface area contributed by atoms with E-state index in [1.54, 1.807) is 18.2 Å². The first kappa shape index (κ1) is 24.6. The third-order valence-corrected chi connectivity index (χ3v) is 7.55. The van der Waals surface area contributed by atoms with Gasteiger partial charge in [0.25, 0.3) is 0 Å². The van der Waals surface area contributed by atoms with Crippen LogP contribution >= 0.6 is 0 Å². The topological polar surface area (TPSA) is 0 Å². The summed E-state index contributed by atoms with van der Waals surface area (Å²) in [5, 5.41) is 0. The van der Waals surface area contributed by atoms with Crippen molar-refractivity contribution in [2.75, 3.05) is 0 Å². The van der Waals surface area contributed by atoms with Crippen LogP contribution in [0.4, 0.5) is 13.2 Å². The average Bonchev–Trinajstić information content (AvgIpc) is 2.86. The molecule has 3 aromatic rings. The Morgan fingerprint density at radius 2 is 1.44 bits per heavy atom. The van der Waals surface area contributed by atoms with E-state index in [-0.39, 0.29) is 11.7 Å². The molecule has 0 radical (unpaired) electrons. The third kappa shape index (κ3) is 5.56. The van der Waals surface area contributed by atoms with E-state index in [2.05, 4.69) is 6.92 Å². The summed E-state index contributed by atoms with van der Waals surface area (Å²) >= 11 is 0. The molecule has 1 saturated carbocycles. The van der Waals surface area contributed by atoms with E-state index in [4.69, 9.17) is 0 Å². The minimum atomic E-state index is -0.754. The van der Waals surface area contributed by atoms with Crippen LogP contribution in [0.5, 0.6) is 0 Å². The molecule has 0 unspecified atom stereocenters.